The first-order valence-electron chi connectivity index (χ1n) is 10.2. The highest BCUT2D eigenvalue weighted by Crippen LogP contribution is 2.35. The lowest BCUT2D eigenvalue weighted by Crippen LogP contribution is -2.26. The molecule has 0 fully saturated rings. The molecule has 0 saturated carbocycles. The van der Waals surface area contributed by atoms with E-state index >= 15 is 0 Å². The molecule has 0 radical (unpaired) electrons. The van der Waals surface area contributed by atoms with E-state index in [4.69, 9.17) is 9.47 Å². The van der Waals surface area contributed by atoms with E-state index in [1.807, 2.05) is 32.0 Å². The Balaban J connectivity index is 1.59. The molecule has 0 bridgehead atoms. The zero-order valence-electron chi connectivity index (χ0n) is 17.2. The predicted molar refractivity (Wildman–Crippen MR) is 112 cm³/mol. The van der Waals surface area contributed by atoms with Crippen molar-refractivity contribution < 1.29 is 14.3 Å². The summed E-state index contributed by atoms with van der Waals surface area (Å²) in [5.74, 6) is 1.28. The summed E-state index contributed by atoms with van der Waals surface area (Å²) in [6, 6.07) is 14.4. The third-order valence-corrected chi connectivity index (χ3v) is 5.39. The van der Waals surface area contributed by atoms with Gasteiger partial charge >= 0.3 is 0 Å². The molecule has 0 spiro atoms. The van der Waals surface area contributed by atoms with E-state index in [0.717, 1.165) is 36.1 Å². The van der Waals surface area contributed by atoms with Gasteiger partial charge in [-0.25, -0.2) is 0 Å². The minimum absolute atomic E-state index is 0.105. The van der Waals surface area contributed by atoms with Crippen LogP contribution in [0.5, 0.6) is 5.75 Å². The van der Waals surface area contributed by atoms with Crippen LogP contribution in [0.3, 0.4) is 0 Å². The fourth-order valence-corrected chi connectivity index (χ4v) is 3.85. The largest absolute Gasteiger partial charge is 0.497 e. The van der Waals surface area contributed by atoms with E-state index in [1.165, 1.54) is 11.1 Å². The third kappa shape index (κ3) is 5.35. The number of hydrogen-bond donors (Lipinski definition) is 1. The monoisotopic (exact) mass is 381 g/mol. The molecule has 2 aromatic carbocycles. The SMILES string of the molecule is COc1ccc2c(c1)CCCC2CC(=O)NCc1ccccc1COC(C)C. The molecule has 0 aromatic heterocycles. The van der Waals surface area contributed by atoms with Gasteiger partial charge in [0.1, 0.15) is 5.75 Å². The van der Waals surface area contributed by atoms with Gasteiger partial charge in [-0.15, -0.1) is 0 Å². The summed E-state index contributed by atoms with van der Waals surface area (Å²) in [4.78, 5) is 12.6. The highest BCUT2D eigenvalue weighted by atomic mass is 16.5. The van der Waals surface area contributed by atoms with Crippen molar-refractivity contribution in [2.45, 2.75) is 64.7 Å². The third-order valence-electron chi connectivity index (χ3n) is 5.39. The van der Waals surface area contributed by atoms with Gasteiger partial charge in [0.2, 0.25) is 5.91 Å². The molecule has 0 saturated heterocycles. The molecule has 3 rings (SSSR count). The first-order valence-corrected chi connectivity index (χ1v) is 10.2. The molecule has 1 amide bonds. The lowest BCUT2D eigenvalue weighted by Gasteiger charge is -2.25. The second kappa shape index (κ2) is 9.74. The van der Waals surface area contributed by atoms with Gasteiger partial charge in [0.15, 0.2) is 0 Å². The Morgan fingerprint density at radius 3 is 2.71 bits per heavy atom. The second-order valence-electron chi connectivity index (χ2n) is 7.76. The fraction of sp³-hybridized carbons (Fsp3) is 0.458. The summed E-state index contributed by atoms with van der Waals surface area (Å²) in [5, 5.41) is 3.11. The van der Waals surface area contributed by atoms with Crippen LogP contribution in [0.2, 0.25) is 0 Å². The minimum Gasteiger partial charge on any atom is -0.497 e. The number of hydrogen-bond acceptors (Lipinski definition) is 3. The number of methoxy groups -OCH3 is 1. The Morgan fingerprint density at radius 1 is 1.18 bits per heavy atom. The predicted octanol–water partition coefficient (Wildman–Crippen LogP) is 4.75. The first-order chi connectivity index (χ1) is 13.6. The van der Waals surface area contributed by atoms with Crippen molar-refractivity contribution in [3.63, 3.8) is 0 Å². The van der Waals surface area contributed by atoms with Crippen LogP contribution in [0.15, 0.2) is 42.5 Å². The van der Waals surface area contributed by atoms with Gasteiger partial charge < -0.3 is 14.8 Å². The minimum atomic E-state index is 0.105. The molecule has 1 N–H and O–H groups in total. The van der Waals surface area contributed by atoms with Crippen molar-refractivity contribution in [3.05, 3.63) is 64.7 Å². The Labute approximate surface area is 168 Å². The molecule has 4 nitrogen and oxygen atoms in total. The molecule has 0 heterocycles. The smallest absolute Gasteiger partial charge is 0.220 e. The first kappa shape index (κ1) is 20.4. The quantitative estimate of drug-likeness (QED) is 0.718. The van der Waals surface area contributed by atoms with Gasteiger partial charge in [-0.05, 0) is 73.4 Å². The topological polar surface area (TPSA) is 47.6 Å². The summed E-state index contributed by atoms with van der Waals surface area (Å²) < 4.78 is 11.1. The van der Waals surface area contributed by atoms with Crippen LogP contribution in [0.25, 0.3) is 0 Å². The number of fused-ring (bicyclic) bond motifs is 1. The molecule has 28 heavy (non-hydrogen) atoms. The number of ether oxygens (including phenoxy) is 2. The van der Waals surface area contributed by atoms with Crippen molar-refractivity contribution in [1.29, 1.82) is 0 Å². The molecule has 1 aliphatic carbocycles. The number of carbonyl (C=O) groups is 1. The normalized spacial score (nSPS) is 15.9. The maximum absolute atomic E-state index is 12.6. The van der Waals surface area contributed by atoms with Crippen LogP contribution in [-0.4, -0.2) is 19.1 Å². The van der Waals surface area contributed by atoms with Gasteiger partial charge in [0.25, 0.3) is 0 Å². The molecule has 1 atom stereocenters. The molecule has 2 aromatic rings. The van der Waals surface area contributed by atoms with E-state index in [-0.39, 0.29) is 17.9 Å². The van der Waals surface area contributed by atoms with Crippen molar-refractivity contribution >= 4 is 5.91 Å². The zero-order chi connectivity index (χ0) is 19.9. The van der Waals surface area contributed by atoms with Crippen LogP contribution in [-0.2, 0) is 29.1 Å². The molecular weight excluding hydrogens is 350 g/mol. The highest BCUT2D eigenvalue weighted by Gasteiger charge is 2.23. The number of rotatable bonds is 8. The highest BCUT2D eigenvalue weighted by molar-refractivity contribution is 5.77. The maximum Gasteiger partial charge on any atom is 0.220 e. The van der Waals surface area contributed by atoms with E-state index in [9.17, 15) is 4.79 Å². The lowest BCUT2D eigenvalue weighted by molar-refractivity contribution is -0.121. The summed E-state index contributed by atoms with van der Waals surface area (Å²) in [5.41, 5.74) is 4.87. The van der Waals surface area contributed by atoms with Gasteiger partial charge in [-0.3, -0.25) is 4.79 Å². The average molecular weight is 382 g/mol. The summed E-state index contributed by atoms with van der Waals surface area (Å²) in [6.07, 6.45) is 3.96. The second-order valence-corrected chi connectivity index (χ2v) is 7.76. The van der Waals surface area contributed by atoms with Crippen LogP contribution >= 0.6 is 0 Å². The van der Waals surface area contributed by atoms with Crippen molar-refractivity contribution in [1.82, 2.24) is 5.32 Å². The molecule has 1 unspecified atom stereocenters. The van der Waals surface area contributed by atoms with Crippen LogP contribution in [0.4, 0.5) is 0 Å². The van der Waals surface area contributed by atoms with Gasteiger partial charge in [0, 0.05) is 13.0 Å². The van der Waals surface area contributed by atoms with Gasteiger partial charge in [-0.2, -0.15) is 0 Å². The summed E-state index contributed by atoms with van der Waals surface area (Å²) in [7, 11) is 1.69. The summed E-state index contributed by atoms with van der Waals surface area (Å²) in [6.45, 7) is 5.17. The van der Waals surface area contributed by atoms with Gasteiger partial charge in [-0.1, -0.05) is 30.3 Å². The Kier molecular flexibility index (Phi) is 7.10. The molecule has 150 valence electrons. The Bertz CT molecular complexity index is 800. The van der Waals surface area contributed by atoms with E-state index in [1.54, 1.807) is 7.11 Å². The van der Waals surface area contributed by atoms with Crippen molar-refractivity contribution in [3.8, 4) is 5.75 Å². The molecular formula is C24H31NO3. The number of amides is 1. The fourth-order valence-electron chi connectivity index (χ4n) is 3.85. The maximum atomic E-state index is 12.6. The van der Waals surface area contributed by atoms with E-state index in [0.29, 0.717) is 19.6 Å². The van der Waals surface area contributed by atoms with Crippen molar-refractivity contribution in [2.75, 3.05) is 7.11 Å². The van der Waals surface area contributed by atoms with E-state index < -0.39 is 0 Å². The Hall–Kier alpha value is -2.33. The number of nitrogens with one attached hydrogen (secondary N) is 1. The van der Waals surface area contributed by atoms with E-state index in [2.05, 4.69) is 29.6 Å². The number of carbonyl (C=O) groups excluding carboxylic acids is 1. The lowest BCUT2D eigenvalue weighted by atomic mass is 9.81. The van der Waals surface area contributed by atoms with Crippen LogP contribution < -0.4 is 10.1 Å². The van der Waals surface area contributed by atoms with Crippen LogP contribution in [0.1, 0.15) is 61.3 Å². The molecule has 4 heteroatoms. The Morgan fingerprint density at radius 2 is 1.96 bits per heavy atom. The molecule has 1 aliphatic rings. The average Bonchev–Trinajstić information content (AvgIpc) is 2.71. The zero-order valence-corrected chi connectivity index (χ0v) is 17.2. The number of benzene rings is 2. The number of aryl methyl sites for hydroxylation is 1. The van der Waals surface area contributed by atoms with Gasteiger partial charge in [0.05, 0.1) is 19.8 Å². The van der Waals surface area contributed by atoms with Crippen LogP contribution in [0, 0.1) is 0 Å². The van der Waals surface area contributed by atoms with Crippen molar-refractivity contribution in [2.24, 2.45) is 0 Å². The standard InChI is InChI=1S/C24H31NO3/c1-17(2)28-16-21-8-5-4-7-20(21)15-25-24(26)14-19-10-6-9-18-13-22(27-3)11-12-23(18)19/h4-5,7-8,11-13,17,19H,6,9-10,14-16H2,1-3H3,(H,25,26). The molecule has 0 aliphatic heterocycles. The summed E-state index contributed by atoms with van der Waals surface area (Å²) >= 11 is 0.